The predicted octanol–water partition coefficient (Wildman–Crippen LogP) is 2.32. The van der Waals surface area contributed by atoms with Crippen LogP contribution in [0.4, 0.5) is 10.5 Å². The van der Waals surface area contributed by atoms with Crippen molar-refractivity contribution in [2.75, 3.05) is 24.3 Å². The van der Waals surface area contributed by atoms with E-state index < -0.39 is 6.09 Å². The van der Waals surface area contributed by atoms with Gasteiger partial charge in [0.05, 0.1) is 0 Å². The van der Waals surface area contributed by atoms with E-state index in [4.69, 9.17) is 16.3 Å². The van der Waals surface area contributed by atoms with Crippen LogP contribution >= 0.6 is 11.6 Å². The predicted molar refractivity (Wildman–Crippen MR) is 79.0 cm³/mol. The number of nitrogens with one attached hydrogen (secondary N) is 2. The summed E-state index contributed by atoms with van der Waals surface area (Å²) >= 11 is 5.42. The number of hydrogen-bond donors (Lipinski definition) is 2. The summed E-state index contributed by atoms with van der Waals surface area (Å²) in [4.78, 5) is 22.4. The van der Waals surface area contributed by atoms with Crippen LogP contribution in [0.5, 0.6) is 0 Å². The third-order valence-electron chi connectivity index (χ3n) is 2.35. The summed E-state index contributed by atoms with van der Waals surface area (Å²) in [6.07, 6.45) is 1.66. The van der Waals surface area contributed by atoms with Gasteiger partial charge in [-0.25, -0.2) is 4.79 Å². The average Bonchev–Trinajstić information content (AvgIpc) is 2.45. The van der Waals surface area contributed by atoms with E-state index in [-0.39, 0.29) is 18.4 Å². The van der Waals surface area contributed by atoms with Crippen LogP contribution in [0, 0.1) is 0 Å². The van der Waals surface area contributed by atoms with Gasteiger partial charge >= 0.3 is 6.09 Å². The van der Waals surface area contributed by atoms with Gasteiger partial charge in [0, 0.05) is 12.2 Å². The van der Waals surface area contributed by atoms with Crippen LogP contribution in [0.15, 0.2) is 36.9 Å². The Morgan fingerprint density at radius 2 is 2.20 bits per heavy atom. The second-order valence-electron chi connectivity index (χ2n) is 3.95. The van der Waals surface area contributed by atoms with E-state index in [1.807, 2.05) is 18.2 Å². The Bertz CT molecular complexity index is 477. The Balaban J connectivity index is 2.40. The summed E-state index contributed by atoms with van der Waals surface area (Å²) in [5, 5.41) is 5.29. The first-order chi connectivity index (χ1) is 9.65. The fourth-order valence-electron chi connectivity index (χ4n) is 1.49. The highest BCUT2D eigenvalue weighted by atomic mass is 35.5. The van der Waals surface area contributed by atoms with Crippen molar-refractivity contribution >= 4 is 29.3 Å². The number of anilines is 1. The van der Waals surface area contributed by atoms with Gasteiger partial charge in [-0.05, 0) is 24.1 Å². The zero-order valence-electron chi connectivity index (χ0n) is 11.0. The van der Waals surface area contributed by atoms with Crippen LogP contribution in [0.25, 0.3) is 0 Å². The van der Waals surface area contributed by atoms with E-state index >= 15 is 0 Å². The minimum Gasteiger partial charge on any atom is -0.445 e. The molecule has 0 unspecified atom stereocenters. The molecular weight excluding hydrogens is 280 g/mol. The monoisotopic (exact) mass is 296 g/mol. The second kappa shape index (κ2) is 8.98. The van der Waals surface area contributed by atoms with E-state index in [0.717, 1.165) is 5.56 Å². The molecular formula is C14H17ClN2O3. The molecule has 0 radical (unpaired) electrons. The maximum atomic E-state index is 11.2. The Morgan fingerprint density at radius 1 is 1.40 bits per heavy atom. The lowest BCUT2D eigenvalue weighted by molar-refractivity contribution is -0.113. The molecule has 1 aromatic carbocycles. The van der Waals surface area contributed by atoms with Crippen molar-refractivity contribution in [1.82, 2.24) is 5.32 Å². The molecule has 0 aromatic heterocycles. The number of carbonyl (C=O) groups excluding carboxylic acids is 2. The molecule has 1 rings (SSSR count). The smallest absolute Gasteiger partial charge is 0.407 e. The van der Waals surface area contributed by atoms with Crippen LogP contribution in [0.1, 0.15) is 5.56 Å². The first-order valence-corrected chi connectivity index (χ1v) is 6.65. The van der Waals surface area contributed by atoms with Crippen LogP contribution in [0.3, 0.4) is 0 Å². The lowest BCUT2D eigenvalue weighted by atomic mass is 10.1. The van der Waals surface area contributed by atoms with Crippen molar-refractivity contribution in [3.8, 4) is 0 Å². The lowest BCUT2D eigenvalue weighted by Crippen LogP contribution is -2.26. The zero-order chi connectivity index (χ0) is 14.8. The standard InChI is InChI=1S/C14H17ClN2O3/c1-2-8-20-14(19)16-7-6-11-4-3-5-12(9-11)17-13(18)10-15/h2-5,9H,1,6-8,10H2,(H,16,19)(H,17,18). The van der Waals surface area contributed by atoms with Crippen LogP contribution in [-0.4, -0.2) is 31.0 Å². The molecule has 5 nitrogen and oxygen atoms in total. The minimum atomic E-state index is -0.475. The molecule has 108 valence electrons. The summed E-state index contributed by atoms with van der Waals surface area (Å²) in [6, 6.07) is 7.35. The number of benzene rings is 1. The molecule has 0 aliphatic rings. The lowest BCUT2D eigenvalue weighted by Gasteiger charge is -2.07. The van der Waals surface area contributed by atoms with E-state index in [9.17, 15) is 9.59 Å². The highest BCUT2D eigenvalue weighted by Gasteiger charge is 2.02. The SMILES string of the molecule is C=CCOC(=O)NCCc1cccc(NC(=O)CCl)c1. The third-order valence-corrected chi connectivity index (χ3v) is 2.59. The number of hydrogen-bond acceptors (Lipinski definition) is 3. The molecule has 0 aliphatic carbocycles. The van der Waals surface area contributed by atoms with Crippen molar-refractivity contribution in [3.05, 3.63) is 42.5 Å². The normalized spacial score (nSPS) is 9.65. The van der Waals surface area contributed by atoms with E-state index in [1.165, 1.54) is 6.08 Å². The van der Waals surface area contributed by atoms with Gasteiger partial charge in [-0.3, -0.25) is 4.79 Å². The number of alkyl halides is 1. The maximum absolute atomic E-state index is 11.2. The zero-order valence-corrected chi connectivity index (χ0v) is 11.8. The Morgan fingerprint density at radius 3 is 2.90 bits per heavy atom. The number of amides is 2. The van der Waals surface area contributed by atoms with Gasteiger partial charge < -0.3 is 15.4 Å². The molecule has 0 aliphatic heterocycles. The van der Waals surface area contributed by atoms with Crippen molar-refractivity contribution in [2.24, 2.45) is 0 Å². The maximum Gasteiger partial charge on any atom is 0.407 e. The Kier molecular flexibility index (Phi) is 7.21. The number of halogens is 1. The summed E-state index contributed by atoms with van der Waals surface area (Å²) in [7, 11) is 0. The summed E-state index contributed by atoms with van der Waals surface area (Å²) in [5.74, 6) is -0.337. The fourth-order valence-corrected chi connectivity index (χ4v) is 1.56. The van der Waals surface area contributed by atoms with Gasteiger partial charge in [0.2, 0.25) is 5.91 Å². The molecule has 6 heteroatoms. The van der Waals surface area contributed by atoms with Gasteiger partial charge in [0.1, 0.15) is 12.5 Å². The van der Waals surface area contributed by atoms with Crippen molar-refractivity contribution < 1.29 is 14.3 Å². The van der Waals surface area contributed by atoms with Crippen LogP contribution in [0.2, 0.25) is 0 Å². The molecule has 0 heterocycles. The van der Waals surface area contributed by atoms with Gasteiger partial charge in [0.15, 0.2) is 0 Å². The molecule has 2 N–H and O–H groups in total. The highest BCUT2D eigenvalue weighted by molar-refractivity contribution is 6.29. The summed E-state index contributed by atoms with van der Waals surface area (Å²) in [6.45, 7) is 4.09. The average molecular weight is 297 g/mol. The highest BCUT2D eigenvalue weighted by Crippen LogP contribution is 2.11. The number of rotatable bonds is 7. The molecule has 0 saturated carbocycles. The molecule has 2 amide bonds. The van der Waals surface area contributed by atoms with E-state index in [1.54, 1.807) is 6.07 Å². The first kappa shape index (κ1) is 16.0. The van der Waals surface area contributed by atoms with Crippen LogP contribution < -0.4 is 10.6 Å². The molecule has 0 fully saturated rings. The molecule has 0 bridgehead atoms. The minimum absolute atomic E-state index is 0.0824. The summed E-state index contributed by atoms with van der Waals surface area (Å²) < 4.78 is 4.78. The number of carbonyl (C=O) groups is 2. The van der Waals surface area contributed by atoms with Crippen molar-refractivity contribution in [3.63, 3.8) is 0 Å². The van der Waals surface area contributed by atoms with Gasteiger partial charge in [-0.1, -0.05) is 24.8 Å². The molecule has 0 spiro atoms. The van der Waals surface area contributed by atoms with Crippen molar-refractivity contribution in [1.29, 1.82) is 0 Å². The quantitative estimate of drug-likeness (QED) is 0.599. The molecule has 0 atom stereocenters. The Hall–Kier alpha value is -2.01. The molecule has 1 aromatic rings. The third kappa shape index (κ3) is 6.24. The second-order valence-corrected chi connectivity index (χ2v) is 4.21. The Labute approximate surface area is 123 Å². The number of ether oxygens (including phenoxy) is 1. The van der Waals surface area contributed by atoms with Crippen molar-refractivity contribution in [2.45, 2.75) is 6.42 Å². The molecule has 20 heavy (non-hydrogen) atoms. The fraction of sp³-hybridized carbons (Fsp3) is 0.286. The van der Waals surface area contributed by atoms with Gasteiger partial charge in [-0.15, -0.1) is 11.6 Å². The topological polar surface area (TPSA) is 67.4 Å². The number of alkyl carbamates (subject to hydrolysis) is 1. The van der Waals surface area contributed by atoms with E-state index in [2.05, 4.69) is 17.2 Å². The van der Waals surface area contributed by atoms with Gasteiger partial charge in [-0.2, -0.15) is 0 Å². The largest absolute Gasteiger partial charge is 0.445 e. The van der Waals surface area contributed by atoms with E-state index in [0.29, 0.717) is 18.7 Å². The summed E-state index contributed by atoms with van der Waals surface area (Å²) in [5.41, 5.74) is 1.67. The van der Waals surface area contributed by atoms with Gasteiger partial charge in [0.25, 0.3) is 0 Å². The first-order valence-electron chi connectivity index (χ1n) is 6.12. The molecule has 0 saturated heterocycles. The van der Waals surface area contributed by atoms with Crippen LogP contribution in [-0.2, 0) is 16.0 Å².